The lowest BCUT2D eigenvalue weighted by molar-refractivity contribution is 1.56. The van der Waals surface area contributed by atoms with Gasteiger partial charge in [0.2, 0.25) is 0 Å². The van der Waals surface area contributed by atoms with Gasteiger partial charge in [-0.05, 0) is 58.7 Å². The molecule has 3 aromatic rings. The van der Waals surface area contributed by atoms with Gasteiger partial charge in [0.15, 0.2) is 0 Å². The van der Waals surface area contributed by atoms with Crippen LogP contribution in [-0.4, -0.2) is 0 Å². The highest BCUT2D eigenvalue weighted by atomic mass is 79.9. The monoisotopic (exact) mass is 338 g/mol. The highest BCUT2D eigenvalue weighted by Crippen LogP contribution is 2.35. The zero-order valence-corrected chi connectivity index (χ0v) is 13.0. The summed E-state index contributed by atoms with van der Waals surface area (Å²) in [5.74, 6) is 0. The Balaban J connectivity index is 2.20. The van der Waals surface area contributed by atoms with E-state index in [0.717, 1.165) is 38.1 Å². The highest BCUT2D eigenvalue weighted by Gasteiger charge is 2.08. The number of halogens is 1. The van der Waals surface area contributed by atoms with Crippen LogP contribution < -0.4 is 11.5 Å². The molecule has 0 fully saturated rings. The van der Waals surface area contributed by atoms with Gasteiger partial charge in [-0.2, -0.15) is 0 Å². The first-order chi connectivity index (χ1) is 10.1. The first kappa shape index (κ1) is 13.7. The Labute approximate surface area is 132 Å². The molecule has 0 bridgehead atoms. The molecular weight excluding hydrogens is 324 g/mol. The Kier molecular flexibility index (Phi) is 3.67. The van der Waals surface area contributed by atoms with Gasteiger partial charge < -0.3 is 11.5 Å². The van der Waals surface area contributed by atoms with Crippen LogP contribution in [0.5, 0.6) is 0 Å². The van der Waals surface area contributed by atoms with Crippen LogP contribution >= 0.6 is 15.9 Å². The molecule has 0 aliphatic carbocycles. The second-order valence-corrected chi connectivity index (χ2v) is 5.85. The Hall–Kier alpha value is -2.26. The zero-order valence-electron chi connectivity index (χ0n) is 11.4. The van der Waals surface area contributed by atoms with E-state index in [-0.39, 0.29) is 0 Å². The van der Waals surface area contributed by atoms with Crippen molar-refractivity contribution in [3.05, 3.63) is 71.2 Å². The molecule has 0 aliphatic rings. The molecule has 0 spiro atoms. The SMILES string of the molecule is Nc1ccc(-c2ccc(N)cc2-c2cccc(Br)c2)cc1. The van der Waals surface area contributed by atoms with E-state index < -0.39 is 0 Å². The summed E-state index contributed by atoms with van der Waals surface area (Å²) in [7, 11) is 0. The summed E-state index contributed by atoms with van der Waals surface area (Å²) < 4.78 is 1.05. The Morgan fingerprint density at radius 2 is 1.33 bits per heavy atom. The van der Waals surface area contributed by atoms with Crippen molar-refractivity contribution in [1.82, 2.24) is 0 Å². The van der Waals surface area contributed by atoms with Crippen LogP contribution in [0.15, 0.2) is 71.2 Å². The molecule has 3 rings (SSSR count). The zero-order chi connectivity index (χ0) is 14.8. The summed E-state index contributed by atoms with van der Waals surface area (Å²) in [6.45, 7) is 0. The molecule has 0 saturated heterocycles. The summed E-state index contributed by atoms with van der Waals surface area (Å²) in [4.78, 5) is 0. The second kappa shape index (κ2) is 5.62. The van der Waals surface area contributed by atoms with Gasteiger partial charge in [-0.3, -0.25) is 0 Å². The molecule has 0 atom stereocenters. The first-order valence-corrected chi connectivity index (χ1v) is 7.44. The van der Waals surface area contributed by atoms with Gasteiger partial charge in [0.1, 0.15) is 0 Å². The molecule has 0 radical (unpaired) electrons. The molecule has 0 unspecified atom stereocenters. The number of nitrogens with two attached hydrogens (primary N) is 2. The number of nitrogen functional groups attached to an aromatic ring is 2. The third-order valence-electron chi connectivity index (χ3n) is 3.40. The molecule has 0 aliphatic heterocycles. The second-order valence-electron chi connectivity index (χ2n) is 4.94. The van der Waals surface area contributed by atoms with Gasteiger partial charge in [-0.1, -0.05) is 46.3 Å². The Bertz CT molecular complexity index is 779. The van der Waals surface area contributed by atoms with Crippen LogP contribution in [0.1, 0.15) is 0 Å². The molecular formula is C18H15BrN2. The van der Waals surface area contributed by atoms with Gasteiger partial charge in [-0.15, -0.1) is 0 Å². The number of hydrogen-bond acceptors (Lipinski definition) is 2. The fourth-order valence-corrected chi connectivity index (χ4v) is 2.77. The predicted molar refractivity (Wildman–Crippen MR) is 93.8 cm³/mol. The van der Waals surface area contributed by atoms with E-state index >= 15 is 0 Å². The van der Waals surface area contributed by atoms with E-state index in [2.05, 4.69) is 34.1 Å². The van der Waals surface area contributed by atoms with E-state index in [4.69, 9.17) is 11.5 Å². The van der Waals surface area contributed by atoms with Gasteiger partial charge in [0.25, 0.3) is 0 Å². The van der Waals surface area contributed by atoms with Crippen molar-refractivity contribution in [2.45, 2.75) is 0 Å². The van der Waals surface area contributed by atoms with Gasteiger partial charge in [0, 0.05) is 15.8 Å². The number of anilines is 2. The van der Waals surface area contributed by atoms with Crippen molar-refractivity contribution >= 4 is 27.3 Å². The molecule has 21 heavy (non-hydrogen) atoms. The molecule has 4 N–H and O–H groups in total. The van der Waals surface area contributed by atoms with Crippen LogP contribution in [0.2, 0.25) is 0 Å². The van der Waals surface area contributed by atoms with E-state index in [9.17, 15) is 0 Å². The third-order valence-corrected chi connectivity index (χ3v) is 3.89. The van der Waals surface area contributed by atoms with E-state index in [1.807, 2.05) is 48.5 Å². The van der Waals surface area contributed by atoms with Crippen molar-refractivity contribution in [1.29, 1.82) is 0 Å². The molecule has 3 aromatic carbocycles. The summed E-state index contributed by atoms with van der Waals surface area (Å²) in [5, 5.41) is 0. The predicted octanol–water partition coefficient (Wildman–Crippen LogP) is 4.95. The quantitative estimate of drug-likeness (QED) is 0.649. The number of hydrogen-bond donors (Lipinski definition) is 2. The van der Waals surface area contributed by atoms with Crippen molar-refractivity contribution in [3.8, 4) is 22.3 Å². The Morgan fingerprint density at radius 3 is 2.05 bits per heavy atom. The van der Waals surface area contributed by atoms with Crippen LogP contribution in [0.3, 0.4) is 0 Å². The van der Waals surface area contributed by atoms with Crippen molar-refractivity contribution in [2.24, 2.45) is 0 Å². The van der Waals surface area contributed by atoms with E-state index in [0.29, 0.717) is 0 Å². The maximum absolute atomic E-state index is 5.97. The van der Waals surface area contributed by atoms with Crippen molar-refractivity contribution in [3.63, 3.8) is 0 Å². The summed E-state index contributed by atoms with van der Waals surface area (Å²) in [6.07, 6.45) is 0. The molecule has 3 heteroatoms. The van der Waals surface area contributed by atoms with Crippen LogP contribution in [0.4, 0.5) is 11.4 Å². The average Bonchev–Trinajstić information content (AvgIpc) is 2.48. The normalized spacial score (nSPS) is 10.5. The van der Waals surface area contributed by atoms with Crippen molar-refractivity contribution in [2.75, 3.05) is 11.5 Å². The lowest BCUT2D eigenvalue weighted by Crippen LogP contribution is -1.91. The smallest absolute Gasteiger partial charge is 0.0320 e. The van der Waals surface area contributed by atoms with E-state index in [1.165, 1.54) is 0 Å². The molecule has 2 nitrogen and oxygen atoms in total. The van der Waals surface area contributed by atoms with Gasteiger partial charge >= 0.3 is 0 Å². The Morgan fingerprint density at radius 1 is 0.619 bits per heavy atom. The summed E-state index contributed by atoms with van der Waals surface area (Å²) in [5.41, 5.74) is 17.8. The maximum Gasteiger partial charge on any atom is 0.0320 e. The summed E-state index contributed by atoms with van der Waals surface area (Å²) >= 11 is 3.52. The van der Waals surface area contributed by atoms with E-state index in [1.54, 1.807) is 0 Å². The molecule has 104 valence electrons. The number of benzene rings is 3. The minimum atomic E-state index is 0.754. The fourth-order valence-electron chi connectivity index (χ4n) is 2.37. The van der Waals surface area contributed by atoms with Crippen LogP contribution in [0, 0.1) is 0 Å². The first-order valence-electron chi connectivity index (χ1n) is 6.65. The standard InChI is InChI=1S/C18H15BrN2/c19-14-3-1-2-13(10-14)18-11-16(21)8-9-17(18)12-4-6-15(20)7-5-12/h1-11H,20-21H2. The van der Waals surface area contributed by atoms with Crippen LogP contribution in [-0.2, 0) is 0 Å². The maximum atomic E-state index is 5.97. The topological polar surface area (TPSA) is 52.0 Å². The average molecular weight is 339 g/mol. The van der Waals surface area contributed by atoms with Crippen LogP contribution in [0.25, 0.3) is 22.3 Å². The lowest BCUT2D eigenvalue weighted by atomic mass is 9.94. The molecule has 0 saturated carbocycles. The summed E-state index contributed by atoms with van der Waals surface area (Å²) in [6, 6.07) is 22.1. The molecule has 0 aromatic heterocycles. The fraction of sp³-hybridized carbons (Fsp3) is 0. The van der Waals surface area contributed by atoms with Gasteiger partial charge in [-0.25, -0.2) is 0 Å². The minimum absolute atomic E-state index is 0.754. The number of rotatable bonds is 2. The highest BCUT2D eigenvalue weighted by molar-refractivity contribution is 9.10. The van der Waals surface area contributed by atoms with Crippen molar-refractivity contribution < 1.29 is 0 Å². The largest absolute Gasteiger partial charge is 0.399 e. The molecule has 0 heterocycles. The minimum Gasteiger partial charge on any atom is -0.399 e. The molecule has 0 amide bonds. The third kappa shape index (κ3) is 2.93. The lowest BCUT2D eigenvalue weighted by Gasteiger charge is -2.12. The van der Waals surface area contributed by atoms with Gasteiger partial charge in [0.05, 0.1) is 0 Å².